The Hall–Kier alpha value is -0.880. The molecule has 1 aromatic rings. The first-order chi connectivity index (χ1) is 8.62. The van der Waals surface area contributed by atoms with Gasteiger partial charge in [0.15, 0.2) is 0 Å². The molecule has 6 heteroatoms. The molecule has 18 heavy (non-hydrogen) atoms. The van der Waals surface area contributed by atoms with E-state index >= 15 is 0 Å². The Morgan fingerprint density at radius 2 is 2.22 bits per heavy atom. The van der Waals surface area contributed by atoms with Gasteiger partial charge >= 0.3 is 0 Å². The molecular weight excluding hydrogens is 296 g/mol. The van der Waals surface area contributed by atoms with Gasteiger partial charge in [-0.1, -0.05) is 19.3 Å². The number of nitrogens with one attached hydrogen (secondary N) is 1. The van der Waals surface area contributed by atoms with E-state index in [1.165, 1.54) is 6.42 Å². The van der Waals surface area contributed by atoms with Gasteiger partial charge in [-0.3, -0.25) is 9.48 Å². The first-order valence-electron chi connectivity index (χ1n) is 6.35. The van der Waals surface area contributed by atoms with Crippen molar-refractivity contribution < 1.29 is 4.79 Å². The molecule has 0 atom stereocenters. The fourth-order valence-corrected chi connectivity index (χ4v) is 2.86. The molecule has 0 aliphatic heterocycles. The maximum atomic E-state index is 11.7. The summed E-state index contributed by atoms with van der Waals surface area (Å²) in [6, 6.07) is 0. The summed E-state index contributed by atoms with van der Waals surface area (Å²) < 4.78 is 2.80. The molecule has 0 aromatic carbocycles. The van der Waals surface area contributed by atoms with Crippen molar-refractivity contribution in [2.75, 3.05) is 6.54 Å². The summed E-state index contributed by atoms with van der Waals surface area (Å²) >= 11 is 3.36. The van der Waals surface area contributed by atoms with Crippen LogP contribution >= 0.6 is 15.9 Å². The van der Waals surface area contributed by atoms with Gasteiger partial charge in [0.05, 0.1) is 22.8 Å². The van der Waals surface area contributed by atoms with Crippen LogP contribution in [0.15, 0.2) is 16.9 Å². The molecule has 5 nitrogen and oxygen atoms in total. The van der Waals surface area contributed by atoms with Crippen molar-refractivity contribution >= 4 is 21.8 Å². The van der Waals surface area contributed by atoms with E-state index in [0.29, 0.717) is 6.54 Å². The van der Waals surface area contributed by atoms with E-state index in [9.17, 15) is 4.79 Å². The van der Waals surface area contributed by atoms with E-state index in [1.807, 2.05) is 10.9 Å². The van der Waals surface area contributed by atoms with Crippen LogP contribution in [0.25, 0.3) is 0 Å². The van der Waals surface area contributed by atoms with Crippen molar-refractivity contribution in [1.29, 1.82) is 0 Å². The Morgan fingerprint density at radius 3 is 2.78 bits per heavy atom. The number of halogens is 1. The van der Waals surface area contributed by atoms with Gasteiger partial charge in [0.1, 0.15) is 0 Å². The molecule has 100 valence electrons. The number of nitrogens with zero attached hydrogens (tertiary/aromatic N) is 2. The molecule has 0 bridgehead atoms. The molecular formula is C12H19BrN4O. The molecule has 1 heterocycles. The van der Waals surface area contributed by atoms with Gasteiger partial charge in [0.25, 0.3) is 0 Å². The largest absolute Gasteiger partial charge is 0.368 e. The summed E-state index contributed by atoms with van der Waals surface area (Å²) in [6.45, 7) is 1.44. The van der Waals surface area contributed by atoms with Gasteiger partial charge in [0.2, 0.25) is 5.91 Å². The van der Waals surface area contributed by atoms with Gasteiger partial charge in [-0.15, -0.1) is 0 Å². The first kappa shape index (κ1) is 13.5. The molecule has 0 radical (unpaired) electrons. The Labute approximate surface area is 115 Å². The smallest absolute Gasteiger partial charge is 0.237 e. The third kappa shape index (κ3) is 3.11. The van der Waals surface area contributed by atoms with Crippen LogP contribution in [0.5, 0.6) is 0 Å². The van der Waals surface area contributed by atoms with Crippen molar-refractivity contribution in [3.8, 4) is 0 Å². The maximum absolute atomic E-state index is 11.7. The van der Waals surface area contributed by atoms with E-state index in [0.717, 1.165) is 36.7 Å². The third-order valence-electron chi connectivity index (χ3n) is 3.58. The van der Waals surface area contributed by atoms with Crippen LogP contribution in [0.2, 0.25) is 0 Å². The minimum atomic E-state index is -0.497. The van der Waals surface area contributed by atoms with Crippen molar-refractivity contribution in [3.63, 3.8) is 0 Å². The molecule has 0 spiro atoms. The average Bonchev–Trinajstić information content (AvgIpc) is 2.76. The van der Waals surface area contributed by atoms with E-state index in [4.69, 9.17) is 5.73 Å². The minimum absolute atomic E-state index is 0.219. The summed E-state index contributed by atoms with van der Waals surface area (Å²) in [5.74, 6) is -0.219. The molecule has 1 aromatic heterocycles. The highest BCUT2D eigenvalue weighted by Gasteiger charge is 2.36. The topological polar surface area (TPSA) is 72.9 Å². The highest BCUT2D eigenvalue weighted by Crippen LogP contribution is 2.27. The van der Waals surface area contributed by atoms with Crippen LogP contribution in [0.4, 0.5) is 0 Å². The highest BCUT2D eigenvalue weighted by atomic mass is 79.9. The predicted octanol–water partition coefficient (Wildman–Crippen LogP) is 1.42. The number of hydrogen-bond donors (Lipinski definition) is 2. The number of rotatable bonds is 5. The molecule has 1 aliphatic carbocycles. The molecule has 2 rings (SSSR count). The highest BCUT2D eigenvalue weighted by molar-refractivity contribution is 9.10. The molecule has 1 amide bonds. The maximum Gasteiger partial charge on any atom is 0.237 e. The lowest BCUT2D eigenvalue weighted by Crippen LogP contribution is -2.57. The van der Waals surface area contributed by atoms with Crippen LogP contribution in [0, 0.1) is 0 Å². The lowest BCUT2D eigenvalue weighted by Gasteiger charge is -2.35. The van der Waals surface area contributed by atoms with Gasteiger partial charge in [0, 0.05) is 12.7 Å². The fraction of sp³-hybridized carbons (Fsp3) is 0.667. The second kappa shape index (κ2) is 5.84. The van der Waals surface area contributed by atoms with E-state index in [1.54, 1.807) is 6.20 Å². The van der Waals surface area contributed by atoms with E-state index < -0.39 is 5.54 Å². The van der Waals surface area contributed by atoms with Crippen LogP contribution in [0.1, 0.15) is 32.1 Å². The third-order valence-corrected chi connectivity index (χ3v) is 3.99. The zero-order valence-corrected chi connectivity index (χ0v) is 11.9. The molecule has 0 saturated heterocycles. The zero-order valence-electron chi connectivity index (χ0n) is 10.4. The normalized spacial score (nSPS) is 18.7. The number of carbonyl (C=O) groups excluding carboxylic acids is 1. The summed E-state index contributed by atoms with van der Waals surface area (Å²) in [6.07, 6.45) is 8.72. The first-order valence-corrected chi connectivity index (χ1v) is 7.15. The Bertz CT molecular complexity index is 412. The lowest BCUT2D eigenvalue weighted by atomic mass is 9.81. The average molecular weight is 315 g/mol. The van der Waals surface area contributed by atoms with Crippen LogP contribution in [0.3, 0.4) is 0 Å². The molecule has 1 fully saturated rings. The monoisotopic (exact) mass is 314 g/mol. The standard InChI is InChI=1S/C12H19BrN4O/c13-10-8-16-17(9-10)7-6-15-12(11(14)18)4-2-1-3-5-12/h8-9,15H,1-7H2,(H2,14,18). The van der Waals surface area contributed by atoms with Gasteiger partial charge < -0.3 is 11.1 Å². The van der Waals surface area contributed by atoms with Gasteiger partial charge in [-0.2, -0.15) is 5.10 Å². The van der Waals surface area contributed by atoms with E-state index in [2.05, 4.69) is 26.3 Å². The summed E-state index contributed by atoms with van der Waals surface area (Å²) in [4.78, 5) is 11.7. The Morgan fingerprint density at radius 1 is 1.50 bits per heavy atom. The lowest BCUT2D eigenvalue weighted by molar-refractivity contribution is -0.125. The van der Waals surface area contributed by atoms with Gasteiger partial charge in [-0.25, -0.2) is 0 Å². The Balaban J connectivity index is 1.88. The number of amides is 1. The van der Waals surface area contributed by atoms with Gasteiger partial charge in [-0.05, 0) is 28.8 Å². The van der Waals surface area contributed by atoms with Crippen LogP contribution < -0.4 is 11.1 Å². The summed E-state index contributed by atoms with van der Waals surface area (Å²) in [5.41, 5.74) is 5.06. The summed E-state index contributed by atoms with van der Waals surface area (Å²) in [7, 11) is 0. The summed E-state index contributed by atoms with van der Waals surface area (Å²) in [5, 5.41) is 7.52. The number of nitrogens with two attached hydrogens (primary N) is 1. The van der Waals surface area contributed by atoms with Crippen LogP contribution in [-0.2, 0) is 11.3 Å². The second-order valence-corrected chi connectivity index (χ2v) is 5.77. The van der Waals surface area contributed by atoms with Crippen molar-refractivity contribution in [2.45, 2.75) is 44.2 Å². The number of aromatic nitrogens is 2. The zero-order chi connectivity index (χ0) is 13.0. The minimum Gasteiger partial charge on any atom is -0.368 e. The van der Waals surface area contributed by atoms with Crippen molar-refractivity contribution in [1.82, 2.24) is 15.1 Å². The molecule has 3 N–H and O–H groups in total. The molecule has 0 unspecified atom stereocenters. The van der Waals surface area contributed by atoms with Crippen LogP contribution in [-0.4, -0.2) is 27.8 Å². The molecule has 1 saturated carbocycles. The number of carbonyl (C=O) groups is 1. The van der Waals surface area contributed by atoms with Crippen molar-refractivity contribution in [3.05, 3.63) is 16.9 Å². The number of hydrogen-bond acceptors (Lipinski definition) is 3. The SMILES string of the molecule is NC(=O)C1(NCCn2cc(Br)cn2)CCCCC1. The fourth-order valence-electron chi connectivity index (χ4n) is 2.54. The Kier molecular flexibility index (Phi) is 4.40. The quantitative estimate of drug-likeness (QED) is 0.863. The van der Waals surface area contributed by atoms with Crippen molar-refractivity contribution in [2.24, 2.45) is 5.73 Å². The second-order valence-electron chi connectivity index (χ2n) is 4.86. The van der Waals surface area contributed by atoms with E-state index in [-0.39, 0.29) is 5.91 Å². The molecule has 1 aliphatic rings. The predicted molar refractivity (Wildman–Crippen MR) is 72.9 cm³/mol. The number of primary amides is 1.